The van der Waals surface area contributed by atoms with E-state index in [1.807, 2.05) is 0 Å². The fraction of sp³-hybridized carbons (Fsp3) is 0.533. The molecule has 0 spiro atoms. The molecular weight excluding hydrogens is 354 g/mol. The summed E-state index contributed by atoms with van der Waals surface area (Å²) in [5.74, 6) is -1.17. The number of carboxylic acids is 1. The molecule has 7 nitrogen and oxygen atoms in total. The van der Waals surface area contributed by atoms with Crippen LogP contribution in [0.25, 0.3) is 0 Å². The molecule has 1 fully saturated rings. The molecule has 2 rings (SSSR count). The Morgan fingerprint density at radius 3 is 2.25 bits per heavy atom. The van der Waals surface area contributed by atoms with E-state index in [1.54, 1.807) is 6.92 Å². The summed E-state index contributed by atoms with van der Waals surface area (Å²) in [6.07, 6.45) is 2.01. The van der Waals surface area contributed by atoms with Crippen molar-refractivity contribution in [3.63, 3.8) is 0 Å². The lowest BCUT2D eigenvalue weighted by Crippen LogP contribution is -2.47. The molecule has 1 aliphatic rings. The van der Waals surface area contributed by atoms with E-state index in [0.29, 0.717) is 19.3 Å². The van der Waals surface area contributed by atoms with Crippen molar-refractivity contribution in [2.75, 3.05) is 12.3 Å². The molecule has 134 valence electrons. The normalized spacial score (nSPS) is 20.0. The van der Waals surface area contributed by atoms with E-state index >= 15 is 0 Å². The molecular formula is C15H21NO6S2. The van der Waals surface area contributed by atoms with Crippen LogP contribution in [0.2, 0.25) is 0 Å². The maximum Gasteiger partial charge on any atom is 0.322 e. The fourth-order valence-electron chi connectivity index (χ4n) is 2.78. The molecule has 0 amide bonds. The lowest BCUT2D eigenvalue weighted by Gasteiger charge is -2.31. The van der Waals surface area contributed by atoms with Crippen LogP contribution < -0.4 is 0 Å². The van der Waals surface area contributed by atoms with E-state index in [1.165, 1.54) is 24.3 Å². The third-order valence-corrected chi connectivity index (χ3v) is 7.86. The Hall–Kier alpha value is -1.45. The monoisotopic (exact) mass is 375 g/mol. The van der Waals surface area contributed by atoms with E-state index in [2.05, 4.69) is 0 Å². The molecule has 1 N–H and O–H groups in total. The summed E-state index contributed by atoms with van der Waals surface area (Å²) in [4.78, 5) is 11.3. The molecule has 1 aromatic carbocycles. The number of carboxylic acid groups (broad SMARTS) is 1. The van der Waals surface area contributed by atoms with Crippen molar-refractivity contribution in [3.8, 4) is 0 Å². The molecule has 24 heavy (non-hydrogen) atoms. The number of sulfone groups is 1. The van der Waals surface area contributed by atoms with Gasteiger partial charge in [0, 0.05) is 6.54 Å². The molecule has 1 aliphatic heterocycles. The van der Waals surface area contributed by atoms with Crippen LogP contribution in [-0.4, -0.2) is 50.6 Å². The third kappa shape index (κ3) is 3.79. The molecule has 0 radical (unpaired) electrons. The number of hydrogen-bond acceptors (Lipinski definition) is 5. The molecule has 1 atom stereocenters. The third-order valence-electron chi connectivity index (χ3n) is 4.00. The molecule has 0 aliphatic carbocycles. The summed E-state index contributed by atoms with van der Waals surface area (Å²) < 4.78 is 50.4. The van der Waals surface area contributed by atoms with Crippen molar-refractivity contribution in [1.82, 2.24) is 4.31 Å². The first-order valence-corrected chi connectivity index (χ1v) is 10.9. The van der Waals surface area contributed by atoms with Gasteiger partial charge < -0.3 is 5.11 Å². The van der Waals surface area contributed by atoms with Crippen molar-refractivity contribution in [2.24, 2.45) is 0 Å². The summed E-state index contributed by atoms with van der Waals surface area (Å²) in [5, 5.41) is 9.24. The molecule has 1 saturated heterocycles. The number of hydrogen-bond donors (Lipinski definition) is 1. The smallest absolute Gasteiger partial charge is 0.322 e. The van der Waals surface area contributed by atoms with Crippen LogP contribution in [0, 0.1) is 0 Å². The fourth-order valence-corrected chi connectivity index (χ4v) is 5.76. The average Bonchev–Trinajstić information content (AvgIpc) is 2.55. The molecule has 0 saturated carbocycles. The second-order valence-electron chi connectivity index (χ2n) is 5.76. The standard InChI is InChI=1S/C15H21NO6S2/c1-2-11-23(19,20)12-6-8-13(9-7-12)24(21,22)16-10-4-3-5-14(16)15(17)18/h6-9,14H,2-5,10-11H2,1H3,(H,17,18). The van der Waals surface area contributed by atoms with Crippen LogP contribution >= 0.6 is 0 Å². The van der Waals surface area contributed by atoms with Crippen LogP contribution in [0.4, 0.5) is 0 Å². The number of aliphatic carboxylic acids is 1. The number of benzene rings is 1. The summed E-state index contributed by atoms with van der Waals surface area (Å²) in [6.45, 7) is 1.90. The van der Waals surface area contributed by atoms with E-state index < -0.39 is 31.9 Å². The van der Waals surface area contributed by atoms with E-state index in [0.717, 1.165) is 4.31 Å². The van der Waals surface area contributed by atoms with Crippen molar-refractivity contribution >= 4 is 25.8 Å². The molecule has 9 heteroatoms. The zero-order valence-electron chi connectivity index (χ0n) is 13.4. The zero-order valence-corrected chi connectivity index (χ0v) is 15.0. The van der Waals surface area contributed by atoms with Gasteiger partial charge in [-0.05, 0) is 49.9 Å². The first-order valence-electron chi connectivity index (χ1n) is 7.77. The number of sulfonamides is 1. The first-order chi connectivity index (χ1) is 11.2. The SMILES string of the molecule is CCCS(=O)(=O)c1ccc(S(=O)(=O)N2CCCCC2C(=O)O)cc1. The average molecular weight is 375 g/mol. The summed E-state index contributed by atoms with van der Waals surface area (Å²) in [6, 6.07) is 3.90. The number of nitrogens with zero attached hydrogens (tertiary/aromatic N) is 1. The van der Waals surface area contributed by atoms with Crippen LogP contribution in [0.1, 0.15) is 32.6 Å². The largest absolute Gasteiger partial charge is 0.480 e. The van der Waals surface area contributed by atoms with Gasteiger partial charge in [-0.25, -0.2) is 16.8 Å². The maximum absolute atomic E-state index is 12.7. The highest BCUT2D eigenvalue weighted by molar-refractivity contribution is 7.91. The molecule has 0 aromatic heterocycles. The van der Waals surface area contributed by atoms with Gasteiger partial charge in [-0.3, -0.25) is 4.79 Å². The minimum absolute atomic E-state index is 0.00763. The van der Waals surface area contributed by atoms with Gasteiger partial charge in [-0.15, -0.1) is 0 Å². The lowest BCUT2D eigenvalue weighted by atomic mass is 10.1. The van der Waals surface area contributed by atoms with Crippen LogP contribution in [0.3, 0.4) is 0 Å². The number of piperidine rings is 1. The maximum atomic E-state index is 12.7. The predicted octanol–water partition coefficient (Wildman–Crippen LogP) is 1.50. The minimum Gasteiger partial charge on any atom is -0.480 e. The zero-order chi connectivity index (χ0) is 18.0. The van der Waals surface area contributed by atoms with Gasteiger partial charge in [-0.2, -0.15) is 4.31 Å². The molecule has 1 unspecified atom stereocenters. The predicted molar refractivity (Wildman–Crippen MR) is 88.0 cm³/mol. The summed E-state index contributed by atoms with van der Waals surface area (Å²) >= 11 is 0. The number of rotatable bonds is 6. The topological polar surface area (TPSA) is 109 Å². The Morgan fingerprint density at radius 1 is 1.12 bits per heavy atom. The molecule has 1 heterocycles. The van der Waals surface area contributed by atoms with Crippen molar-refractivity contribution in [1.29, 1.82) is 0 Å². The highest BCUT2D eigenvalue weighted by atomic mass is 32.2. The number of carbonyl (C=O) groups is 1. The van der Waals surface area contributed by atoms with E-state index in [-0.39, 0.29) is 28.5 Å². The van der Waals surface area contributed by atoms with Gasteiger partial charge in [0.25, 0.3) is 0 Å². The second kappa shape index (κ2) is 7.20. The quantitative estimate of drug-likeness (QED) is 0.807. The Kier molecular flexibility index (Phi) is 5.67. The Morgan fingerprint density at radius 2 is 1.71 bits per heavy atom. The summed E-state index contributed by atoms with van der Waals surface area (Å²) in [7, 11) is -7.40. The van der Waals surface area contributed by atoms with Gasteiger partial charge in [0.2, 0.25) is 10.0 Å². The lowest BCUT2D eigenvalue weighted by molar-refractivity contribution is -0.142. The van der Waals surface area contributed by atoms with Crippen LogP contribution in [-0.2, 0) is 24.7 Å². The Bertz CT molecular complexity index is 799. The van der Waals surface area contributed by atoms with Gasteiger partial charge in [0.1, 0.15) is 6.04 Å². The van der Waals surface area contributed by atoms with Gasteiger partial charge in [-0.1, -0.05) is 6.92 Å². The summed E-state index contributed by atoms with van der Waals surface area (Å²) in [5.41, 5.74) is 0. The van der Waals surface area contributed by atoms with E-state index in [4.69, 9.17) is 0 Å². The first kappa shape index (κ1) is 18.9. The molecule has 0 bridgehead atoms. The van der Waals surface area contributed by atoms with E-state index in [9.17, 15) is 26.7 Å². The van der Waals surface area contributed by atoms with Gasteiger partial charge in [0.15, 0.2) is 9.84 Å². The Labute approximate surface area is 142 Å². The van der Waals surface area contributed by atoms with Crippen LogP contribution in [0.5, 0.6) is 0 Å². The van der Waals surface area contributed by atoms with Crippen molar-refractivity contribution < 1.29 is 26.7 Å². The minimum atomic E-state index is -3.97. The Balaban J connectivity index is 2.34. The van der Waals surface area contributed by atoms with Gasteiger partial charge in [0.05, 0.1) is 15.5 Å². The van der Waals surface area contributed by atoms with Crippen molar-refractivity contribution in [2.45, 2.75) is 48.4 Å². The van der Waals surface area contributed by atoms with Crippen molar-refractivity contribution in [3.05, 3.63) is 24.3 Å². The van der Waals surface area contributed by atoms with Crippen LogP contribution in [0.15, 0.2) is 34.1 Å². The highest BCUT2D eigenvalue weighted by Crippen LogP contribution is 2.26. The highest BCUT2D eigenvalue weighted by Gasteiger charge is 2.37. The molecule has 1 aromatic rings. The van der Waals surface area contributed by atoms with Gasteiger partial charge >= 0.3 is 5.97 Å². The second-order valence-corrected chi connectivity index (χ2v) is 9.76.